The molecule has 1 aliphatic carbocycles. The SMILES string of the molecule is CCOC(=O)Cc1ccc(C2(Cl)CCCCC2)c(O)c1. The smallest absolute Gasteiger partial charge is 0.310 e. The molecule has 0 aromatic heterocycles. The molecule has 4 heteroatoms. The number of phenolic OH excluding ortho intramolecular Hbond substituents is 1. The van der Waals surface area contributed by atoms with Crippen LogP contribution < -0.4 is 0 Å². The first kappa shape index (κ1) is 15.2. The van der Waals surface area contributed by atoms with Crippen LogP contribution in [0.2, 0.25) is 0 Å². The normalized spacial score (nSPS) is 17.7. The average molecular weight is 297 g/mol. The summed E-state index contributed by atoms with van der Waals surface area (Å²) in [7, 11) is 0. The molecule has 3 nitrogen and oxygen atoms in total. The summed E-state index contributed by atoms with van der Waals surface area (Å²) in [5.41, 5.74) is 1.53. The van der Waals surface area contributed by atoms with E-state index < -0.39 is 4.87 Å². The van der Waals surface area contributed by atoms with Gasteiger partial charge in [0.05, 0.1) is 17.9 Å². The number of alkyl halides is 1. The van der Waals surface area contributed by atoms with Crippen LogP contribution in [0.5, 0.6) is 5.75 Å². The number of rotatable bonds is 4. The fraction of sp³-hybridized carbons (Fsp3) is 0.562. The Hall–Kier alpha value is -1.22. The van der Waals surface area contributed by atoms with Gasteiger partial charge in [0.15, 0.2) is 0 Å². The third-order valence-electron chi connectivity index (χ3n) is 3.84. The Morgan fingerprint density at radius 3 is 2.65 bits per heavy atom. The lowest BCUT2D eigenvalue weighted by Crippen LogP contribution is -2.22. The molecule has 1 fully saturated rings. The molecule has 110 valence electrons. The Bertz CT molecular complexity index is 479. The highest BCUT2D eigenvalue weighted by atomic mass is 35.5. The van der Waals surface area contributed by atoms with Gasteiger partial charge in [0.2, 0.25) is 0 Å². The maximum absolute atomic E-state index is 11.4. The van der Waals surface area contributed by atoms with Gasteiger partial charge in [-0.05, 0) is 31.4 Å². The van der Waals surface area contributed by atoms with E-state index in [2.05, 4.69) is 0 Å². The van der Waals surface area contributed by atoms with Gasteiger partial charge in [-0.25, -0.2) is 0 Å². The third kappa shape index (κ3) is 3.45. The molecule has 1 N–H and O–H groups in total. The van der Waals surface area contributed by atoms with Crippen molar-refractivity contribution >= 4 is 17.6 Å². The van der Waals surface area contributed by atoms with E-state index in [4.69, 9.17) is 16.3 Å². The average Bonchev–Trinajstić information content (AvgIpc) is 2.39. The van der Waals surface area contributed by atoms with Gasteiger partial charge in [-0.1, -0.05) is 31.4 Å². The van der Waals surface area contributed by atoms with Crippen molar-refractivity contribution < 1.29 is 14.6 Å². The molecular formula is C16H21ClO3. The molecule has 0 heterocycles. The number of benzene rings is 1. The number of hydrogen-bond acceptors (Lipinski definition) is 3. The summed E-state index contributed by atoms with van der Waals surface area (Å²) >= 11 is 6.66. The first-order valence-corrected chi connectivity index (χ1v) is 7.60. The van der Waals surface area contributed by atoms with E-state index in [1.165, 1.54) is 6.42 Å². The van der Waals surface area contributed by atoms with Crippen molar-refractivity contribution in [1.82, 2.24) is 0 Å². The molecular weight excluding hydrogens is 276 g/mol. The van der Waals surface area contributed by atoms with Crippen LogP contribution in [-0.4, -0.2) is 17.7 Å². The zero-order chi connectivity index (χ0) is 14.6. The van der Waals surface area contributed by atoms with Crippen molar-refractivity contribution in [2.45, 2.75) is 50.3 Å². The number of halogens is 1. The van der Waals surface area contributed by atoms with Gasteiger partial charge >= 0.3 is 5.97 Å². The number of esters is 1. The Balaban J connectivity index is 2.15. The lowest BCUT2D eigenvalue weighted by atomic mass is 9.82. The number of carbonyl (C=O) groups is 1. The Kier molecular flexibility index (Phi) is 4.92. The summed E-state index contributed by atoms with van der Waals surface area (Å²) < 4.78 is 4.91. The second-order valence-electron chi connectivity index (χ2n) is 5.36. The van der Waals surface area contributed by atoms with Crippen LogP contribution in [0.15, 0.2) is 18.2 Å². The largest absolute Gasteiger partial charge is 0.508 e. The van der Waals surface area contributed by atoms with Crippen molar-refractivity contribution in [1.29, 1.82) is 0 Å². The molecule has 0 aliphatic heterocycles. The third-order valence-corrected chi connectivity index (χ3v) is 4.43. The number of hydrogen-bond donors (Lipinski definition) is 1. The highest BCUT2D eigenvalue weighted by Crippen LogP contribution is 2.46. The fourth-order valence-corrected chi connectivity index (χ4v) is 3.25. The number of ether oxygens (including phenoxy) is 1. The van der Waals surface area contributed by atoms with Gasteiger partial charge in [0, 0.05) is 5.56 Å². The number of phenols is 1. The van der Waals surface area contributed by atoms with Gasteiger partial charge in [0.1, 0.15) is 5.75 Å². The van der Waals surface area contributed by atoms with Crippen LogP contribution >= 0.6 is 11.6 Å². The van der Waals surface area contributed by atoms with Gasteiger partial charge in [0.25, 0.3) is 0 Å². The standard InChI is InChI=1S/C16H21ClO3/c1-2-20-15(19)11-12-6-7-13(14(18)10-12)16(17)8-4-3-5-9-16/h6-7,10,18H,2-5,8-9,11H2,1H3. The van der Waals surface area contributed by atoms with Crippen LogP contribution in [0.25, 0.3) is 0 Å². The van der Waals surface area contributed by atoms with E-state index in [1.54, 1.807) is 13.0 Å². The van der Waals surface area contributed by atoms with Gasteiger partial charge in [-0.15, -0.1) is 11.6 Å². The lowest BCUT2D eigenvalue weighted by molar-refractivity contribution is -0.142. The molecule has 0 radical (unpaired) electrons. The summed E-state index contributed by atoms with van der Waals surface area (Å²) in [6.07, 6.45) is 5.34. The summed E-state index contributed by atoms with van der Waals surface area (Å²) in [6, 6.07) is 5.33. The van der Waals surface area contributed by atoms with E-state index in [0.717, 1.165) is 36.8 Å². The van der Waals surface area contributed by atoms with Crippen molar-refractivity contribution in [3.8, 4) is 5.75 Å². The van der Waals surface area contributed by atoms with Crippen LogP contribution in [0.4, 0.5) is 0 Å². The second-order valence-corrected chi connectivity index (χ2v) is 6.08. The lowest BCUT2D eigenvalue weighted by Gasteiger charge is -2.32. The van der Waals surface area contributed by atoms with Crippen LogP contribution in [0, 0.1) is 0 Å². The topological polar surface area (TPSA) is 46.5 Å². The Labute approximate surface area is 124 Å². The quantitative estimate of drug-likeness (QED) is 0.677. The van der Waals surface area contributed by atoms with Crippen LogP contribution in [-0.2, 0) is 20.8 Å². The second kappa shape index (κ2) is 6.49. The first-order valence-electron chi connectivity index (χ1n) is 7.22. The van der Waals surface area contributed by atoms with Crippen molar-refractivity contribution in [3.63, 3.8) is 0 Å². The van der Waals surface area contributed by atoms with Crippen molar-refractivity contribution in [3.05, 3.63) is 29.3 Å². The first-order chi connectivity index (χ1) is 9.55. The highest BCUT2D eigenvalue weighted by molar-refractivity contribution is 6.24. The summed E-state index contributed by atoms with van der Waals surface area (Å²) in [4.78, 5) is 11.0. The molecule has 1 aromatic carbocycles. The molecule has 0 unspecified atom stereocenters. The molecule has 2 rings (SSSR count). The number of aromatic hydroxyl groups is 1. The predicted molar refractivity (Wildman–Crippen MR) is 79.1 cm³/mol. The maximum atomic E-state index is 11.4. The van der Waals surface area contributed by atoms with Gasteiger partial charge in [-0.3, -0.25) is 4.79 Å². The Morgan fingerprint density at radius 2 is 2.05 bits per heavy atom. The van der Waals surface area contributed by atoms with E-state index in [1.807, 2.05) is 12.1 Å². The minimum absolute atomic E-state index is 0.178. The highest BCUT2D eigenvalue weighted by Gasteiger charge is 2.33. The Morgan fingerprint density at radius 1 is 1.35 bits per heavy atom. The van der Waals surface area contributed by atoms with E-state index >= 15 is 0 Å². The molecule has 1 saturated carbocycles. The monoisotopic (exact) mass is 296 g/mol. The maximum Gasteiger partial charge on any atom is 0.310 e. The molecule has 20 heavy (non-hydrogen) atoms. The molecule has 0 saturated heterocycles. The van der Waals surface area contributed by atoms with E-state index in [-0.39, 0.29) is 18.1 Å². The van der Waals surface area contributed by atoms with Crippen LogP contribution in [0.3, 0.4) is 0 Å². The van der Waals surface area contributed by atoms with Crippen molar-refractivity contribution in [2.75, 3.05) is 6.61 Å². The van der Waals surface area contributed by atoms with Crippen molar-refractivity contribution in [2.24, 2.45) is 0 Å². The molecule has 0 atom stereocenters. The number of carbonyl (C=O) groups excluding carboxylic acids is 1. The molecule has 1 aromatic rings. The van der Waals surface area contributed by atoms with Crippen LogP contribution in [0.1, 0.15) is 50.2 Å². The van der Waals surface area contributed by atoms with E-state index in [0.29, 0.717) is 6.61 Å². The molecule has 0 spiro atoms. The summed E-state index contributed by atoms with van der Waals surface area (Å²) in [6.45, 7) is 2.15. The van der Waals surface area contributed by atoms with E-state index in [9.17, 15) is 9.90 Å². The molecule has 1 aliphatic rings. The molecule has 0 bridgehead atoms. The predicted octanol–water partition coefficient (Wildman–Crippen LogP) is 3.90. The minimum atomic E-state index is -0.454. The summed E-state index contributed by atoms with van der Waals surface area (Å²) in [5.74, 6) is -0.0957. The zero-order valence-corrected chi connectivity index (χ0v) is 12.6. The zero-order valence-electron chi connectivity index (χ0n) is 11.8. The van der Waals surface area contributed by atoms with Gasteiger partial charge in [-0.2, -0.15) is 0 Å². The summed E-state index contributed by atoms with van der Waals surface area (Å²) in [5, 5.41) is 10.2. The minimum Gasteiger partial charge on any atom is -0.508 e. The van der Waals surface area contributed by atoms with Gasteiger partial charge < -0.3 is 9.84 Å². The molecule has 0 amide bonds. The fourth-order valence-electron chi connectivity index (χ4n) is 2.83.